The van der Waals surface area contributed by atoms with Crippen LogP contribution in [0.3, 0.4) is 0 Å². The van der Waals surface area contributed by atoms with Crippen LogP contribution in [0.2, 0.25) is 0 Å². The molecular weight excluding hydrogens is 236 g/mol. The van der Waals surface area contributed by atoms with E-state index in [1.165, 1.54) is 0 Å². The van der Waals surface area contributed by atoms with Crippen LogP contribution >= 0.6 is 0 Å². The van der Waals surface area contributed by atoms with Gasteiger partial charge in [-0.05, 0) is 30.2 Å². The lowest BCUT2D eigenvalue weighted by atomic mass is 10.0. The minimum Gasteiger partial charge on any atom is -0.447 e. The standard InChI is InChI=1S/C12H14N2O4/c15-5-6-18-12(17)13-9-2-3-10-8(7-9)1-4-11(16)14-10/h2-3,7,15H,1,4-6H2,(H,13,17)(H,14,16). The van der Waals surface area contributed by atoms with Crippen LogP contribution < -0.4 is 10.6 Å². The van der Waals surface area contributed by atoms with Crippen molar-refractivity contribution >= 4 is 23.4 Å². The molecular formula is C12H14N2O4. The molecule has 1 aliphatic rings. The molecule has 0 spiro atoms. The molecule has 0 atom stereocenters. The fourth-order valence-corrected chi connectivity index (χ4v) is 1.75. The molecule has 0 fully saturated rings. The van der Waals surface area contributed by atoms with E-state index in [9.17, 15) is 9.59 Å². The van der Waals surface area contributed by atoms with Crippen LogP contribution in [0.1, 0.15) is 12.0 Å². The molecule has 2 rings (SSSR count). The summed E-state index contributed by atoms with van der Waals surface area (Å²) in [6.45, 7) is -0.240. The Bertz CT molecular complexity index is 473. The van der Waals surface area contributed by atoms with Gasteiger partial charge in [-0.25, -0.2) is 4.79 Å². The van der Waals surface area contributed by atoms with Crippen molar-refractivity contribution in [2.24, 2.45) is 0 Å². The molecule has 0 saturated carbocycles. The second kappa shape index (κ2) is 5.50. The van der Waals surface area contributed by atoms with Gasteiger partial charge in [-0.2, -0.15) is 0 Å². The van der Waals surface area contributed by atoms with Crippen LogP contribution in [0.4, 0.5) is 16.2 Å². The summed E-state index contributed by atoms with van der Waals surface area (Å²) in [4.78, 5) is 22.5. The van der Waals surface area contributed by atoms with Gasteiger partial charge in [0.15, 0.2) is 0 Å². The molecule has 18 heavy (non-hydrogen) atoms. The van der Waals surface area contributed by atoms with Crippen LogP contribution in [0.5, 0.6) is 0 Å². The molecule has 1 aromatic carbocycles. The van der Waals surface area contributed by atoms with E-state index >= 15 is 0 Å². The molecule has 0 bridgehead atoms. The Morgan fingerprint density at radius 1 is 1.44 bits per heavy atom. The van der Waals surface area contributed by atoms with E-state index in [-0.39, 0.29) is 19.1 Å². The number of nitrogens with one attached hydrogen (secondary N) is 2. The summed E-state index contributed by atoms with van der Waals surface area (Å²) in [6, 6.07) is 5.23. The van der Waals surface area contributed by atoms with Crippen LogP contribution in [0.15, 0.2) is 18.2 Å². The molecule has 0 aliphatic carbocycles. The number of aliphatic hydroxyl groups is 1. The smallest absolute Gasteiger partial charge is 0.411 e. The predicted octanol–water partition coefficient (Wildman–Crippen LogP) is 1.11. The molecule has 2 amide bonds. The molecule has 1 aromatic rings. The number of rotatable bonds is 3. The van der Waals surface area contributed by atoms with E-state index in [2.05, 4.69) is 15.4 Å². The number of benzene rings is 1. The summed E-state index contributed by atoms with van der Waals surface area (Å²) in [6.07, 6.45) is 0.497. The van der Waals surface area contributed by atoms with E-state index < -0.39 is 6.09 Å². The molecule has 6 nitrogen and oxygen atoms in total. The van der Waals surface area contributed by atoms with E-state index in [0.29, 0.717) is 18.5 Å². The number of hydrogen-bond donors (Lipinski definition) is 3. The van der Waals surface area contributed by atoms with Gasteiger partial charge < -0.3 is 15.2 Å². The lowest BCUT2D eigenvalue weighted by Crippen LogP contribution is -2.20. The molecule has 6 heteroatoms. The van der Waals surface area contributed by atoms with Crippen LogP contribution in [0.25, 0.3) is 0 Å². The van der Waals surface area contributed by atoms with Gasteiger partial charge in [0.1, 0.15) is 6.61 Å². The topological polar surface area (TPSA) is 87.7 Å². The summed E-state index contributed by atoms with van der Waals surface area (Å²) in [7, 11) is 0. The normalized spacial score (nSPS) is 13.5. The van der Waals surface area contributed by atoms with Gasteiger partial charge in [-0.15, -0.1) is 0 Å². The van der Waals surface area contributed by atoms with E-state index in [0.717, 1.165) is 11.3 Å². The third-order valence-electron chi connectivity index (χ3n) is 2.57. The number of hydrogen-bond acceptors (Lipinski definition) is 4. The van der Waals surface area contributed by atoms with Crippen molar-refractivity contribution in [3.63, 3.8) is 0 Å². The highest BCUT2D eigenvalue weighted by atomic mass is 16.6. The van der Waals surface area contributed by atoms with Crippen LogP contribution in [-0.4, -0.2) is 30.3 Å². The third kappa shape index (κ3) is 2.98. The first-order valence-corrected chi connectivity index (χ1v) is 5.66. The number of aliphatic hydroxyl groups excluding tert-OH is 1. The minimum absolute atomic E-state index is 0.00515. The molecule has 1 heterocycles. The Balaban J connectivity index is 2.03. The summed E-state index contributed by atoms with van der Waals surface area (Å²) in [5, 5.41) is 13.8. The molecule has 0 radical (unpaired) electrons. The summed E-state index contributed by atoms with van der Waals surface area (Å²) in [5.41, 5.74) is 2.36. The average molecular weight is 250 g/mol. The number of ether oxygens (including phenoxy) is 1. The predicted molar refractivity (Wildman–Crippen MR) is 65.4 cm³/mol. The lowest BCUT2D eigenvalue weighted by molar-refractivity contribution is -0.116. The largest absolute Gasteiger partial charge is 0.447 e. The van der Waals surface area contributed by atoms with Gasteiger partial charge in [0.25, 0.3) is 0 Å². The second-order valence-corrected chi connectivity index (χ2v) is 3.90. The third-order valence-corrected chi connectivity index (χ3v) is 2.57. The zero-order chi connectivity index (χ0) is 13.0. The first-order chi connectivity index (χ1) is 8.69. The summed E-state index contributed by atoms with van der Waals surface area (Å²) < 4.78 is 4.69. The Morgan fingerprint density at radius 3 is 3.06 bits per heavy atom. The maximum atomic E-state index is 11.3. The van der Waals surface area contributed by atoms with Crippen LogP contribution in [0, 0.1) is 0 Å². The highest BCUT2D eigenvalue weighted by molar-refractivity contribution is 5.94. The first kappa shape index (κ1) is 12.4. The number of carbonyl (C=O) groups excluding carboxylic acids is 2. The van der Waals surface area contributed by atoms with Crippen molar-refractivity contribution in [2.45, 2.75) is 12.8 Å². The Labute approximate surface area is 104 Å². The van der Waals surface area contributed by atoms with E-state index in [1.807, 2.05) is 0 Å². The van der Waals surface area contributed by atoms with Crippen molar-refractivity contribution in [1.82, 2.24) is 0 Å². The molecule has 0 unspecified atom stereocenters. The molecule has 0 aromatic heterocycles. The molecule has 0 saturated heterocycles. The van der Waals surface area contributed by atoms with E-state index in [1.54, 1.807) is 18.2 Å². The zero-order valence-corrected chi connectivity index (χ0v) is 9.73. The SMILES string of the molecule is O=C1CCc2cc(NC(=O)OCCO)ccc2N1. The van der Waals surface area contributed by atoms with Crippen molar-refractivity contribution in [3.05, 3.63) is 23.8 Å². The molecule has 1 aliphatic heterocycles. The summed E-state index contributed by atoms with van der Waals surface area (Å²) >= 11 is 0. The number of aryl methyl sites for hydroxylation is 1. The highest BCUT2D eigenvalue weighted by Crippen LogP contribution is 2.25. The Morgan fingerprint density at radius 2 is 2.28 bits per heavy atom. The van der Waals surface area contributed by atoms with Crippen molar-refractivity contribution < 1.29 is 19.4 Å². The molecule has 3 N–H and O–H groups in total. The number of anilines is 2. The fraction of sp³-hybridized carbons (Fsp3) is 0.333. The first-order valence-electron chi connectivity index (χ1n) is 5.66. The van der Waals surface area contributed by atoms with Crippen molar-refractivity contribution in [1.29, 1.82) is 0 Å². The van der Waals surface area contributed by atoms with Gasteiger partial charge >= 0.3 is 6.09 Å². The highest BCUT2D eigenvalue weighted by Gasteiger charge is 2.15. The minimum atomic E-state index is -0.608. The lowest BCUT2D eigenvalue weighted by Gasteiger charge is -2.17. The maximum absolute atomic E-state index is 11.3. The van der Waals surface area contributed by atoms with Gasteiger partial charge in [0.2, 0.25) is 5.91 Å². The van der Waals surface area contributed by atoms with Gasteiger partial charge in [-0.3, -0.25) is 10.1 Å². The zero-order valence-electron chi connectivity index (χ0n) is 9.73. The number of fused-ring (bicyclic) bond motifs is 1. The van der Waals surface area contributed by atoms with E-state index in [4.69, 9.17) is 5.11 Å². The molecule has 96 valence electrons. The van der Waals surface area contributed by atoms with Gasteiger partial charge in [0, 0.05) is 17.8 Å². The second-order valence-electron chi connectivity index (χ2n) is 3.90. The maximum Gasteiger partial charge on any atom is 0.411 e. The van der Waals surface area contributed by atoms with Crippen molar-refractivity contribution in [3.8, 4) is 0 Å². The monoisotopic (exact) mass is 250 g/mol. The number of carbonyl (C=O) groups is 2. The van der Waals surface area contributed by atoms with Gasteiger partial charge in [-0.1, -0.05) is 0 Å². The van der Waals surface area contributed by atoms with Crippen molar-refractivity contribution in [2.75, 3.05) is 23.8 Å². The Hall–Kier alpha value is -2.08. The summed E-state index contributed by atoms with van der Waals surface area (Å²) in [5.74, 6) is 0.00515. The fourth-order valence-electron chi connectivity index (χ4n) is 1.75. The Kier molecular flexibility index (Phi) is 3.78. The van der Waals surface area contributed by atoms with Gasteiger partial charge in [0.05, 0.1) is 6.61 Å². The average Bonchev–Trinajstić information content (AvgIpc) is 2.36. The quantitative estimate of drug-likeness (QED) is 0.750. The van der Waals surface area contributed by atoms with Crippen LogP contribution in [-0.2, 0) is 16.0 Å². The number of amides is 2.